The van der Waals surface area contributed by atoms with Gasteiger partial charge in [-0.25, -0.2) is 13.8 Å². The number of nitrogens with zero attached hydrogens (tertiary/aromatic N) is 4. The number of hydrogen-bond donors (Lipinski definition) is 0. The molecule has 6 rings (SSSR count). The molecule has 3 aromatic rings. The second-order valence-electron chi connectivity index (χ2n) is 8.73. The molecule has 2 aromatic heterocycles. The number of likely N-dealkylation sites (tertiary alicyclic amines) is 1. The van der Waals surface area contributed by atoms with E-state index in [-0.39, 0.29) is 11.8 Å². The van der Waals surface area contributed by atoms with E-state index in [4.69, 9.17) is 4.74 Å². The van der Waals surface area contributed by atoms with Crippen molar-refractivity contribution in [2.24, 2.45) is 0 Å². The third kappa shape index (κ3) is 3.31. The van der Waals surface area contributed by atoms with Crippen molar-refractivity contribution in [3.8, 4) is 0 Å². The molecule has 2 atom stereocenters. The largest absolute Gasteiger partial charge is 0.342 e. The highest BCUT2D eigenvalue weighted by Crippen LogP contribution is 2.47. The van der Waals surface area contributed by atoms with Crippen LogP contribution in [0.25, 0.3) is 10.2 Å². The normalized spacial score (nSPS) is 24.1. The topological polar surface area (TPSA) is 75.6 Å². The van der Waals surface area contributed by atoms with Crippen molar-refractivity contribution in [2.45, 2.75) is 43.6 Å². The number of carbonyl (C=O) groups is 2. The first kappa shape index (κ1) is 20.6. The molecule has 5 heterocycles. The molecule has 0 saturated carbocycles. The van der Waals surface area contributed by atoms with Gasteiger partial charge in [0.1, 0.15) is 23.4 Å². The first-order chi connectivity index (χ1) is 15.9. The zero-order chi connectivity index (χ0) is 22.7. The molecule has 0 N–H and O–H groups in total. The van der Waals surface area contributed by atoms with Crippen LogP contribution >= 0.6 is 11.3 Å². The summed E-state index contributed by atoms with van der Waals surface area (Å²) in [6.45, 7) is 0.747. The van der Waals surface area contributed by atoms with E-state index in [2.05, 4.69) is 9.97 Å². The summed E-state index contributed by atoms with van der Waals surface area (Å²) < 4.78 is 34.7. The predicted molar refractivity (Wildman–Crippen MR) is 115 cm³/mol. The second kappa shape index (κ2) is 7.53. The minimum absolute atomic E-state index is 0.155. The van der Waals surface area contributed by atoms with Gasteiger partial charge in [-0.3, -0.25) is 14.6 Å². The van der Waals surface area contributed by atoms with Crippen molar-refractivity contribution in [1.82, 2.24) is 19.8 Å². The fourth-order valence-electron chi connectivity index (χ4n) is 5.22. The summed E-state index contributed by atoms with van der Waals surface area (Å²) >= 11 is 1.33. The van der Waals surface area contributed by atoms with E-state index in [1.165, 1.54) is 23.5 Å². The van der Waals surface area contributed by atoms with Gasteiger partial charge >= 0.3 is 0 Å². The van der Waals surface area contributed by atoms with Crippen LogP contribution in [0.5, 0.6) is 0 Å². The number of amides is 2. The molecule has 2 amide bonds. The van der Waals surface area contributed by atoms with Crippen LogP contribution in [0.4, 0.5) is 8.78 Å². The lowest BCUT2D eigenvalue weighted by atomic mass is 9.89. The molecule has 0 radical (unpaired) electrons. The third-order valence-electron chi connectivity index (χ3n) is 6.82. The highest BCUT2D eigenvalue weighted by molar-refractivity contribution is 7.20. The summed E-state index contributed by atoms with van der Waals surface area (Å²) in [5.74, 6) is -1.63. The first-order valence-electron chi connectivity index (χ1n) is 10.9. The van der Waals surface area contributed by atoms with Gasteiger partial charge < -0.3 is 14.5 Å². The van der Waals surface area contributed by atoms with E-state index in [9.17, 15) is 18.4 Å². The molecular formula is C23H20F2N4O3S. The highest BCUT2D eigenvalue weighted by atomic mass is 32.1. The molecular weight excluding hydrogens is 450 g/mol. The molecule has 33 heavy (non-hydrogen) atoms. The molecule has 0 aliphatic carbocycles. The minimum atomic E-state index is -0.997. The van der Waals surface area contributed by atoms with Gasteiger partial charge in [-0.05, 0) is 36.6 Å². The standard InChI is InChI=1S/C23H20F2N4O3S/c24-14-9-13(10-15(25)11-14)17-1-2-19-29(17)22(31)23(32-19)4-7-28(8-5-23)21(30)20-27-16-12-26-6-3-18(16)33-20/h3,6,9-12,17,19H,1-2,4-5,7-8H2. The molecule has 170 valence electrons. The Balaban J connectivity index is 1.18. The Morgan fingerprint density at radius 3 is 2.64 bits per heavy atom. The zero-order valence-corrected chi connectivity index (χ0v) is 18.4. The number of rotatable bonds is 2. The molecule has 1 spiro atoms. The fraction of sp³-hybridized carbons (Fsp3) is 0.391. The summed E-state index contributed by atoms with van der Waals surface area (Å²) in [6, 6.07) is 4.80. The van der Waals surface area contributed by atoms with Gasteiger partial charge in [0.05, 0.1) is 16.9 Å². The van der Waals surface area contributed by atoms with Gasteiger partial charge in [0.25, 0.3) is 11.8 Å². The molecule has 1 aromatic carbocycles. The van der Waals surface area contributed by atoms with Crippen LogP contribution in [0.3, 0.4) is 0 Å². The van der Waals surface area contributed by atoms with Gasteiger partial charge in [0.2, 0.25) is 0 Å². The molecule has 10 heteroatoms. The van der Waals surface area contributed by atoms with Crippen molar-refractivity contribution in [2.75, 3.05) is 13.1 Å². The minimum Gasteiger partial charge on any atom is -0.342 e. The van der Waals surface area contributed by atoms with E-state index >= 15 is 0 Å². The third-order valence-corrected chi connectivity index (χ3v) is 7.84. The summed E-state index contributed by atoms with van der Waals surface area (Å²) in [5.41, 5.74) is 0.139. The number of carbonyl (C=O) groups excluding carboxylic acids is 2. The van der Waals surface area contributed by atoms with E-state index < -0.39 is 29.5 Å². The quantitative estimate of drug-likeness (QED) is 0.571. The molecule has 3 aliphatic rings. The highest BCUT2D eigenvalue weighted by Gasteiger charge is 2.58. The molecule has 3 aliphatic heterocycles. The van der Waals surface area contributed by atoms with Crippen LogP contribution < -0.4 is 0 Å². The lowest BCUT2D eigenvalue weighted by Gasteiger charge is -2.37. The van der Waals surface area contributed by atoms with Gasteiger partial charge in [-0.1, -0.05) is 0 Å². The molecule has 0 bridgehead atoms. The Bertz CT molecular complexity index is 1220. The average Bonchev–Trinajstić information content (AvgIpc) is 3.48. The summed E-state index contributed by atoms with van der Waals surface area (Å²) in [7, 11) is 0. The molecule has 3 fully saturated rings. The van der Waals surface area contributed by atoms with Gasteiger partial charge in [0.15, 0.2) is 10.6 Å². The van der Waals surface area contributed by atoms with Gasteiger partial charge in [-0.2, -0.15) is 0 Å². The molecule has 3 saturated heterocycles. The monoisotopic (exact) mass is 470 g/mol. The maximum absolute atomic E-state index is 13.8. The number of ether oxygens (including phenoxy) is 1. The predicted octanol–water partition coefficient (Wildman–Crippen LogP) is 3.66. The number of thiazole rings is 1. The number of fused-ring (bicyclic) bond motifs is 2. The van der Waals surface area contributed by atoms with Crippen LogP contribution in [0.15, 0.2) is 36.7 Å². The van der Waals surface area contributed by atoms with E-state index in [1.54, 1.807) is 22.2 Å². The van der Waals surface area contributed by atoms with Crippen LogP contribution in [0.1, 0.15) is 47.1 Å². The number of piperidine rings is 1. The van der Waals surface area contributed by atoms with Crippen molar-refractivity contribution >= 4 is 33.4 Å². The van der Waals surface area contributed by atoms with E-state index in [1.807, 2.05) is 6.07 Å². The van der Waals surface area contributed by atoms with Crippen molar-refractivity contribution < 1.29 is 23.1 Å². The second-order valence-corrected chi connectivity index (χ2v) is 9.76. The fourth-order valence-corrected chi connectivity index (χ4v) is 6.12. The number of halogens is 2. The lowest BCUT2D eigenvalue weighted by molar-refractivity contribution is -0.142. The van der Waals surface area contributed by atoms with Gasteiger partial charge in [-0.15, -0.1) is 11.3 Å². The first-order valence-corrected chi connectivity index (χ1v) is 11.7. The number of pyridine rings is 1. The number of hydrogen-bond acceptors (Lipinski definition) is 6. The maximum Gasteiger partial charge on any atom is 0.282 e. The van der Waals surface area contributed by atoms with E-state index in [0.717, 1.165) is 10.8 Å². The SMILES string of the molecule is O=C(c1nc2cnccc2s1)N1CCC2(CC1)OC1CCC(c3cc(F)cc(F)c3)N1C2=O. The Hall–Kier alpha value is -2.98. The van der Waals surface area contributed by atoms with Crippen LogP contribution in [-0.4, -0.2) is 56.5 Å². The van der Waals surface area contributed by atoms with Crippen molar-refractivity contribution in [3.63, 3.8) is 0 Å². The van der Waals surface area contributed by atoms with Crippen molar-refractivity contribution in [3.05, 3.63) is 58.9 Å². The number of aromatic nitrogens is 2. The Morgan fingerprint density at radius 2 is 1.91 bits per heavy atom. The lowest BCUT2D eigenvalue weighted by Crippen LogP contribution is -2.51. The summed E-state index contributed by atoms with van der Waals surface area (Å²) in [4.78, 5) is 38.3. The summed E-state index contributed by atoms with van der Waals surface area (Å²) in [6.07, 6.45) is 4.84. The van der Waals surface area contributed by atoms with Crippen LogP contribution in [0, 0.1) is 11.6 Å². The van der Waals surface area contributed by atoms with Gasteiger partial charge in [0, 0.05) is 38.2 Å². The summed E-state index contributed by atoms with van der Waals surface area (Å²) in [5, 5.41) is 0.404. The Kier molecular flexibility index (Phi) is 4.70. The van der Waals surface area contributed by atoms with Crippen LogP contribution in [-0.2, 0) is 9.53 Å². The smallest absolute Gasteiger partial charge is 0.282 e. The Morgan fingerprint density at radius 1 is 1.15 bits per heavy atom. The maximum atomic E-state index is 13.8. The average molecular weight is 471 g/mol. The zero-order valence-electron chi connectivity index (χ0n) is 17.5. The van der Waals surface area contributed by atoms with Crippen molar-refractivity contribution in [1.29, 1.82) is 0 Å². The molecule has 7 nitrogen and oxygen atoms in total. The van der Waals surface area contributed by atoms with E-state index in [0.29, 0.717) is 54.9 Å². The molecule has 2 unspecified atom stereocenters. The Labute approximate surface area is 192 Å². The number of benzene rings is 1. The van der Waals surface area contributed by atoms with Crippen LogP contribution in [0.2, 0.25) is 0 Å².